The lowest BCUT2D eigenvalue weighted by Crippen LogP contribution is -2.03. The summed E-state index contributed by atoms with van der Waals surface area (Å²) in [6.45, 7) is 8.21. The molecule has 1 atom stereocenters. The van der Waals surface area contributed by atoms with E-state index >= 15 is 0 Å². The Morgan fingerprint density at radius 3 is 2.53 bits per heavy atom. The molecule has 0 aliphatic rings. The van der Waals surface area contributed by atoms with E-state index in [2.05, 4.69) is 23.9 Å². The molecule has 0 aliphatic carbocycles. The van der Waals surface area contributed by atoms with Gasteiger partial charge < -0.3 is 5.73 Å². The molecule has 0 radical (unpaired) electrons. The predicted molar refractivity (Wildman–Crippen MR) is 71.1 cm³/mol. The van der Waals surface area contributed by atoms with Crippen molar-refractivity contribution < 1.29 is 0 Å². The first-order valence-electron chi connectivity index (χ1n) is 5.76. The molecule has 2 heterocycles. The Morgan fingerprint density at radius 1 is 1.35 bits per heavy atom. The van der Waals surface area contributed by atoms with Gasteiger partial charge >= 0.3 is 0 Å². The summed E-state index contributed by atoms with van der Waals surface area (Å²) in [5.41, 5.74) is 8.00. The normalized spacial score (nSPS) is 13.3. The fourth-order valence-electron chi connectivity index (χ4n) is 1.69. The fourth-order valence-corrected chi connectivity index (χ4v) is 2.68. The predicted octanol–water partition coefficient (Wildman–Crippen LogP) is 2.92. The number of rotatable bonds is 3. The molecule has 0 bridgehead atoms. The molecule has 17 heavy (non-hydrogen) atoms. The Balaban J connectivity index is 2.36. The fraction of sp³-hybridized carbons (Fsp3) is 0.500. The van der Waals surface area contributed by atoms with Crippen LogP contribution in [0.5, 0.6) is 0 Å². The van der Waals surface area contributed by atoms with E-state index < -0.39 is 0 Å². The van der Waals surface area contributed by atoms with Gasteiger partial charge in [-0.1, -0.05) is 0 Å². The van der Waals surface area contributed by atoms with Gasteiger partial charge in [-0.3, -0.25) is 4.68 Å². The molecular formula is C12H18N4S. The highest BCUT2D eigenvalue weighted by Crippen LogP contribution is 2.30. The maximum atomic E-state index is 5.91. The van der Waals surface area contributed by atoms with Gasteiger partial charge in [0.25, 0.3) is 0 Å². The van der Waals surface area contributed by atoms with Crippen LogP contribution in [0.3, 0.4) is 0 Å². The second-order valence-electron chi connectivity index (χ2n) is 4.56. The highest BCUT2D eigenvalue weighted by Gasteiger charge is 2.13. The largest absolute Gasteiger partial charge is 0.323 e. The lowest BCUT2D eigenvalue weighted by Gasteiger charge is -2.02. The van der Waals surface area contributed by atoms with Crippen LogP contribution < -0.4 is 5.73 Å². The smallest absolute Gasteiger partial charge is 0.127 e. The zero-order valence-corrected chi connectivity index (χ0v) is 11.5. The highest BCUT2D eigenvalue weighted by atomic mass is 32.1. The first kappa shape index (κ1) is 12.3. The number of hydrogen-bond acceptors (Lipinski definition) is 4. The SMILES string of the molecule is Cc1nc(-c2cnn(C(C)C)c2)sc1C(C)N. The lowest BCUT2D eigenvalue weighted by atomic mass is 10.2. The molecule has 1 unspecified atom stereocenters. The quantitative estimate of drug-likeness (QED) is 0.911. The minimum Gasteiger partial charge on any atom is -0.323 e. The van der Waals surface area contributed by atoms with E-state index in [0.717, 1.165) is 21.1 Å². The van der Waals surface area contributed by atoms with Gasteiger partial charge in [0.05, 0.1) is 11.9 Å². The van der Waals surface area contributed by atoms with Crippen molar-refractivity contribution in [3.05, 3.63) is 23.0 Å². The monoisotopic (exact) mass is 250 g/mol. The Labute approximate surface area is 105 Å². The number of thiazole rings is 1. The molecule has 0 amide bonds. The van der Waals surface area contributed by atoms with Gasteiger partial charge in [-0.2, -0.15) is 5.10 Å². The first-order chi connectivity index (χ1) is 7.99. The number of hydrogen-bond donors (Lipinski definition) is 1. The van der Waals surface area contributed by atoms with Gasteiger partial charge in [0.1, 0.15) is 5.01 Å². The molecule has 0 saturated carbocycles. The van der Waals surface area contributed by atoms with Gasteiger partial charge in [0.2, 0.25) is 0 Å². The Kier molecular flexibility index (Phi) is 3.31. The van der Waals surface area contributed by atoms with Crippen molar-refractivity contribution in [1.29, 1.82) is 0 Å². The van der Waals surface area contributed by atoms with Gasteiger partial charge in [-0.15, -0.1) is 11.3 Å². The number of aryl methyl sites for hydroxylation is 1. The van der Waals surface area contributed by atoms with Crippen LogP contribution in [-0.4, -0.2) is 14.8 Å². The molecule has 5 heteroatoms. The molecule has 0 aliphatic heterocycles. The molecule has 2 aromatic heterocycles. The van der Waals surface area contributed by atoms with E-state index in [4.69, 9.17) is 5.73 Å². The Morgan fingerprint density at radius 2 is 2.06 bits per heavy atom. The maximum absolute atomic E-state index is 5.91. The van der Waals surface area contributed by atoms with E-state index in [1.807, 2.05) is 30.9 Å². The summed E-state index contributed by atoms with van der Waals surface area (Å²) in [6, 6.07) is 0.416. The molecule has 0 fully saturated rings. The van der Waals surface area contributed by atoms with E-state index in [9.17, 15) is 0 Å². The van der Waals surface area contributed by atoms with Crippen LogP contribution in [0, 0.1) is 6.92 Å². The van der Waals surface area contributed by atoms with Crippen LogP contribution >= 0.6 is 11.3 Å². The number of nitrogens with zero attached hydrogens (tertiary/aromatic N) is 3. The van der Waals surface area contributed by atoms with Crippen LogP contribution in [0.2, 0.25) is 0 Å². The molecular weight excluding hydrogens is 232 g/mol. The van der Waals surface area contributed by atoms with Gasteiger partial charge in [-0.05, 0) is 27.7 Å². The van der Waals surface area contributed by atoms with E-state index in [1.165, 1.54) is 0 Å². The van der Waals surface area contributed by atoms with Crippen LogP contribution in [-0.2, 0) is 0 Å². The minimum atomic E-state index is 0.0430. The van der Waals surface area contributed by atoms with Gasteiger partial charge in [0, 0.05) is 28.7 Å². The van der Waals surface area contributed by atoms with E-state index in [1.54, 1.807) is 11.3 Å². The van der Waals surface area contributed by atoms with Crippen molar-refractivity contribution in [3.63, 3.8) is 0 Å². The molecule has 0 spiro atoms. The molecule has 92 valence electrons. The standard InChI is InChI=1S/C12H18N4S/c1-7(2)16-6-10(5-14-16)12-15-9(4)11(17-12)8(3)13/h5-8H,13H2,1-4H3. The summed E-state index contributed by atoms with van der Waals surface area (Å²) in [6.07, 6.45) is 3.90. The highest BCUT2D eigenvalue weighted by molar-refractivity contribution is 7.15. The second-order valence-corrected chi connectivity index (χ2v) is 5.59. The summed E-state index contributed by atoms with van der Waals surface area (Å²) in [5, 5.41) is 5.33. The van der Waals surface area contributed by atoms with E-state index in [0.29, 0.717) is 6.04 Å². The lowest BCUT2D eigenvalue weighted by molar-refractivity contribution is 0.532. The number of aromatic nitrogens is 3. The maximum Gasteiger partial charge on any atom is 0.127 e. The molecule has 2 N–H and O–H groups in total. The zero-order chi connectivity index (χ0) is 12.6. The van der Waals surface area contributed by atoms with Crippen LogP contribution in [0.1, 0.15) is 43.4 Å². The van der Waals surface area contributed by atoms with Crippen molar-refractivity contribution in [1.82, 2.24) is 14.8 Å². The average molecular weight is 250 g/mol. The third-order valence-electron chi connectivity index (χ3n) is 2.62. The Hall–Kier alpha value is -1.20. The van der Waals surface area contributed by atoms with Crippen molar-refractivity contribution in [2.75, 3.05) is 0 Å². The molecule has 4 nitrogen and oxygen atoms in total. The summed E-state index contributed by atoms with van der Waals surface area (Å²) in [5.74, 6) is 0. The molecule has 2 aromatic rings. The molecule has 2 rings (SSSR count). The minimum absolute atomic E-state index is 0.0430. The topological polar surface area (TPSA) is 56.7 Å². The second kappa shape index (κ2) is 4.58. The van der Waals surface area contributed by atoms with Crippen molar-refractivity contribution in [3.8, 4) is 10.6 Å². The summed E-state index contributed by atoms with van der Waals surface area (Å²) >= 11 is 1.66. The molecule has 0 saturated heterocycles. The summed E-state index contributed by atoms with van der Waals surface area (Å²) < 4.78 is 1.94. The van der Waals surface area contributed by atoms with Gasteiger partial charge in [-0.25, -0.2) is 4.98 Å². The van der Waals surface area contributed by atoms with Crippen LogP contribution in [0.15, 0.2) is 12.4 Å². The third kappa shape index (κ3) is 2.40. The van der Waals surface area contributed by atoms with Crippen molar-refractivity contribution in [2.45, 2.75) is 39.8 Å². The van der Waals surface area contributed by atoms with Crippen LogP contribution in [0.4, 0.5) is 0 Å². The summed E-state index contributed by atoms with van der Waals surface area (Å²) in [7, 11) is 0. The third-order valence-corrected chi connectivity index (χ3v) is 4.03. The van der Waals surface area contributed by atoms with Crippen LogP contribution in [0.25, 0.3) is 10.6 Å². The first-order valence-corrected chi connectivity index (χ1v) is 6.58. The van der Waals surface area contributed by atoms with E-state index in [-0.39, 0.29) is 6.04 Å². The average Bonchev–Trinajstić information content (AvgIpc) is 2.82. The Bertz CT molecular complexity index is 510. The molecule has 0 aromatic carbocycles. The number of nitrogens with two attached hydrogens (primary N) is 1. The van der Waals surface area contributed by atoms with Crippen molar-refractivity contribution in [2.24, 2.45) is 5.73 Å². The zero-order valence-electron chi connectivity index (χ0n) is 10.6. The van der Waals surface area contributed by atoms with Crippen molar-refractivity contribution >= 4 is 11.3 Å². The van der Waals surface area contributed by atoms with Gasteiger partial charge in [0.15, 0.2) is 0 Å². The summed E-state index contributed by atoms with van der Waals surface area (Å²) in [4.78, 5) is 5.71.